The summed E-state index contributed by atoms with van der Waals surface area (Å²) in [6.45, 7) is 4.41. The molecule has 1 unspecified atom stereocenters. The molecule has 0 spiro atoms. The van der Waals surface area contributed by atoms with E-state index in [0.717, 1.165) is 0 Å². The van der Waals surface area contributed by atoms with Gasteiger partial charge in [0.1, 0.15) is 6.10 Å². The van der Waals surface area contributed by atoms with E-state index in [0.29, 0.717) is 5.88 Å². The average molecular weight is 196 g/mol. The van der Waals surface area contributed by atoms with Gasteiger partial charge in [0.15, 0.2) is 0 Å². The Morgan fingerprint density at radius 1 is 1.50 bits per heavy atom. The molecule has 12 heavy (non-hydrogen) atoms. The molecule has 0 aliphatic carbocycles. The first-order valence-electron chi connectivity index (χ1n) is 3.39. The number of alkyl halides is 1. The number of carbonyl (C=O) groups excluding carboxylic acids is 2. The number of esters is 1. The summed E-state index contributed by atoms with van der Waals surface area (Å²) in [6, 6.07) is 0. The van der Waals surface area contributed by atoms with Crippen LogP contribution in [-0.2, 0) is 14.3 Å². The lowest BCUT2D eigenvalue weighted by molar-refractivity contribution is -0.144. The third-order valence-electron chi connectivity index (χ3n) is 0.584. The Morgan fingerprint density at radius 2 is 1.83 bits per heavy atom. The Labute approximate surface area is 77.0 Å². The van der Waals surface area contributed by atoms with E-state index in [9.17, 15) is 9.59 Å². The molecule has 0 fully saturated rings. The second kappa shape index (κ2) is 8.33. The summed E-state index contributed by atoms with van der Waals surface area (Å²) in [5.41, 5.74) is 4.47. The molecule has 0 aromatic carbocycles. The minimum absolute atomic E-state index is 0.158. The van der Waals surface area contributed by atoms with Gasteiger partial charge in [0.2, 0.25) is 5.91 Å². The van der Waals surface area contributed by atoms with E-state index < -0.39 is 0 Å². The standard InChI is InChI=1S/C5H9ClO2.C2H5NO/c1-4(3-6)8-5(2)7;1-2(3)4/h4H,3H2,1-2H3;1H3,(H2,3,4). The zero-order valence-corrected chi connectivity index (χ0v) is 8.22. The highest BCUT2D eigenvalue weighted by Gasteiger charge is 2.00. The van der Waals surface area contributed by atoms with Gasteiger partial charge >= 0.3 is 5.97 Å². The fraction of sp³-hybridized carbons (Fsp3) is 0.714. The summed E-state index contributed by atoms with van der Waals surface area (Å²) in [7, 11) is 0. The number of hydrogen-bond donors (Lipinski definition) is 1. The summed E-state index contributed by atoms with van der Waals surface area (Å²) < 4.78 is 4.63. The highest BCUT2D eigenvalue weighted by molar-refractivity contribution is 6.18. The molecule has 1 amide bonds. The lowest BCUT2D eigenvalue weighted by atomic mass is 10.5. The lowest BCUT2D eigenvalue weighted by Gasteiger charge is -2.05. The molecule has 1 atom stereocenters. The molecule has 4 nitrogen and oxygen atoms in total. The number of ether oxygens (including phenoxy) is 1. The number of halogens is 1. The average Bonchev–Trinajstić information content (AvgIpc) is 1.84. The van der Waals surface area contributed by atoms with Crippen molar-refractivity contribution in [2.45, 2.75) is 26.9 Å². The van der Waals surface area contributed by atoms with Crippen molar-refractivity contribution in [2.24, 2.45) is 5.73 Å². The van der Waals surface area contributed by atoms with E-state index >= 15 is 0 Å². The van der Waals surface area contributed by atoms with E-state index in [1.807, 2.05) is 0 Å². The quantitative estimate of drug-likeness (QED) is 0.520. The van der Waals surface area contributed by atoms with E-state index in [-0.39, 0.29) is 18.0 Å². The first kappa shape index (κ1) is 13.8. The number of hydrogen-bond acceptors (Lipinski definition) is 3. The minimum atomic E-state index is -0.333. The summed E-state index contributed by atoms with van der Waals surface area (Å²) in [4.78, 5) is 19.4. The molecule has 2 N–H and O–H groups in total. The van der Waals surface area contributed by atoms with E-state index in [1.165, 1.54) is 13.8 Å². The number of nitrogens with two attached hydrogens (primary N) is 1. The molecule has 0 saturated heterocycles. The first-order chi connectivity index (χ1) is 5.40. The zero-order chi connectivity index (χ0) is 10.1. The number of carbonyl (C=O) groups is 2. The van der Waals surface area contributed by atoms with Crippen LogP contribution in [0.25, 0.3) is 0 Å². The van der Waals surface area contributed by atoms with Crippen LogP contribution < -0.4 is 5.73 Å². The Kier molecular flexibility index (Phi) is 9.57. The largest absolute Gasteiger partial charge is 0.462 e. The van der Waals surface area contributed by atoms with Crippen LogP contribution in [0.4, 0.5) is 0 Å². The molecule has 0 rings (SSSR count). The Hall–Kier alpha value is -0.770. The normalized spacial score (nSPS) is 10.7. The fourth-order valence-corrected chi connectivity index (χ4v) is 0.378. The van der Waals surface area contributed by atoms with E-state index in [2.05, 4.69) is 10.5 Å². The maximum Gasteiger partial charge on any atom is 0.302 e. The summed E-state index contributed by atoms with van der Waals surface area (Å²) in [5, 5.41) is 0. The van der Waals surface area contributed by atoms with Crippen molar-refractivity contribution in [1.29, 1.82) is 0 Å². The van der Waals surface area contributed by atoms with Crippen LogP contribution in [0.15, 0.2) is 0 Å². The molecule has 0 aliphatic rings. The topological polar surface area (TPSA) is 69.4 Å². The van der Waals surface area contributed by atoms with Crippen molar-refractivity contribution in [1.82, 2.24) is 0 Å². The first-order valence-corrected chi connectivity index (χ1v) is 3.92. The van der Waals surface area contributed by atoms with Crippen LogP contribution in [0.1, 0.15) is 20.8 Å². The molecular formula is C7H14ClNO3. The van der Waals surface area contributed by atoms with Crippen molar-refractivity contribution < 1.29 is 14.3 Å². The van der Waals surface area contributed by atoms with E-state index in [1.54, 1.807) is 6.92 Å². The maximum atomic E-state index is 10.1. The van der Waals surface area contributed by atoms with Crippen LogP contribution in [0.5, 0.6) is 0 Å². The second-order valence-corrected chi connectivity index (χ2v) is 2.49. The van der Waals surface area contributed by atoms with Gasteiger partial charge < -0.3 is 10.5 Å². The Balaban J connectivity index is 0. The van der Waals surface area contributed by atoms with Gasteiger partial charge in [-0.3, -0.25) is 9.59 Å². The Morgan fingerprint density at radius 3 is 1.92 bits per heavy atom. The van der Waals surface area contributed by atoms with Gasteiger partial charge in [-0.25, -0.2) is 0 Å². The third kappa shape index (κ3) is 22.9. The Bertz CT molecular complexity index is 146. The molecule has 0 saturated carbocycles. The van der Waals surface area contributed by atoms with Gasteiger partial charge in [0.05, 0.1) is 5.88 Å². The predicted molar refractivity (Wildman–Crippen MR) is 46.8 cm³/mol. The van der Waals surface area contributed by atoms with Crippen LogP contribution in [0.2, 0.25) is 0 Å². The lowest BCUT2D eigenvalue weighted by Crippen LogP contribution is -2.12. The zero-order valence-electron chi connectivity index (χ0n) is 7.46. The highest BCUT2D eigenvalue weighted by atomic mass is 35.5. The number of primary amides is 1. The van der Waals surface area contributed by atoms with Crippen LogP contribution in [0.3, 0.4) is 0 Å². The minimum Gasteiger partial charge on any atom is -0.462 e. The van der Waals surface area contributed by atoms with Crippen LogP contribution in [-0.4, -0.2) is 23.9 Å². The number of rotatable bonds is 2. The van der Waals surface area contributed by atoms with Crippen molar-refractivity contribution in [3.05, 3.63) is 0 Å². The fourth-order valence-electron chi connectivity index (χ4n) is 0.315. The molecule has 0 aromatic rings. The van der Waals surface area contributed by atoms with Crippen molar-refractivity contribution >= 4 is 23.5 Å². The second-order valence-electron chi connectivity index (χ2n) is 2.19. The molecule has 0 radical (unpaired) electrons. The molecule has 72 valence electrons. The molecular weight excluding hydrogens is 182 g/mol. The summed E-state index contributed by atoms with van der Waals surface area (Å²) in [6.07, 6.45) is -0.158. The smallest absolute Gasteiger partial charge is 0.302 e. The summed E-state index contributed by atoms with van der Waals surface area (Å²) in [5.74, 6) is -0.252. The predicted octanol–water partition coefficient (Wildman–Crippen LogP) is 0.668. The monoisotopic (exact) mass is 195 g/mol. The number of amides is 1. The van der Waals surface area contributed by atoms with Gasteiger partial charge in [0.25, 0.3) is 0 Å². The maximum absolute atomic E-state index is 10.1. The third-order valence-corrected chi connectivity index (χ3v) is 1.02. The molecule has 0 bridgehead atoms. The molecule has 0 heterocycles. The van der Waals surface area contributed by atoms with Gasteiger partial charge in [-0.05, 0) is 6.92 Å². The van der Waals surface area contributed by atoms with E-state index in [4.69, 9.17) is 11.6 Å². The van der Waals surface area contributed by atoms with Gasteiger partial charge in [-0.1, -0.05) is 0 Å². The summed E-state index contributed by atoms with van der Waals surface area (Å²) >= 11 is 5.32. The molecule has 0 aliphatic heterocycles. The van der Waals surface area contributed by atoms with Crippen LogP contribution in [0, 0.1) is 0 Å². The van der Waals surface area contributed by atoms with Crippen molar-refractivity contribution in [3.63, 3.8) is 0 Å². The molecule has 5 heteroatoms. The van der Waals surface area contributed by atoms with Crippen molar-refractivity contribution in [2.75, 3.05) is 5.88 Å². The highest BCUT2D eigenvalue weighted by Crippen LogP contribution is 1.92. The van der Waals surface area contributed by atoms with Gasteiger partial charge in [0, 0.05) is 13.8 Å². The van der Waals surface area contributed by atoms with Gasteiger partial charge in [-0.15, -0.1) is 11.6 Å². The van der Waals surface area contributed by atoms with Crippen LogP contribution >= 0.6 is 11.6 Å². The van der Waals surface area contributed by atoms with Gasteiger partial charge in [-0.2, -0.15) is 0 Å². The SMILES string of the molecule is CC(=O)OC(C)CCl.CC(N)=O. The molecule has 0 aromatic heterocycles. The van der Waals surface area contributed by atoms with Crippen molar-refractivity contribution in [3.8, 4) is 0 Å².